The summed E-state index contributed by atoms with van der Waals surface area (Å²) < 4.78 is 0. The molecule has 6 heteroatoms. The predicted molar refractivity (Wildman–Crippen MR) is 67.3 cm³/mol. The molecule has 0 aliphatic rings. The summed E-state index contributed by atoms with van der Waals surface area (Å²) in [5, 5.41) is 1.32. The Morgan fingerprint density at radius 3 is 2.80 bits per heavy atom. The molecule has 0 aliphatic carbocycles. The van der Waals surface area contributed by atoms with E-state index in [0.29, 0.717) is 10.3 Å². The first-order valence-corrected chi connectivity index (χ1v) is 6.30. The van der Waals surface area contributed by atoms with Gasteiger partial charge in [-0.05, 0) is 34.6 Å². The lowest BCUT2D eigenvalue weighted by Crippen LogP contribution is -1.85. The first-order valence-electron chi connectivity index (χ1n) is 4.15. The summed E-state index contributed by atoms with van der Waals surface area (Å²) >= 11 is 0. The molecule has 0 unspecified atom stereocenters. The van der Waals surface area contributed by atoms with Gasteiger partial charge in [0, 0.05) is 24.8 Å². The van der Waals surface area contributed by atoms with Gasteiger partial charge in [0.05, 0.1) is 0 Å². The van der Waals surface area contributed by atoms with Crippen molar-refractivity contribution in [3.63, 3.8) is 0 Å². The molecule has 0 atom stereocenters. The van der Waals surface area contributed by atoms with Gasteiger partial charge in [-0.1, -0.05) is 6.58 Å². The van der Waals surface area contributed by atoms with Gasteiger partial charge in [-0.3, -0.25) is 0 Å². The summed E-state index contributed by atoms with van der Waals surface area (Å²) in [7, 11) is 2.81. The van der Waals surface area contributed by atoms with E-state index < -0.39 is 0 Å². The fourth-order valence-corrected chi connectivity index (χ4v) is 2.25. The molecule has 0 bridgehead atoms. The van der Waals surface area contributed by atoms with E-state index in [9.17, 15) is 0 Å². The van der Waals surface area contributed by atoms with Gasteiger partial charge < -0.3 is 0 Å². The van der Waals surface area contributed by atoms with E-state index in [1.165, 1.54) is 27.8 Å². The summed E-state index contributed by atoms with van der Waals surface area (Å²) in [4.78, 5) is 16.2. The number of rotatable bonds is 3. The molecule has 1 rings (SSSR count). The summed E-state index contributed by atoms with van der Waals surface area (Å²) in [6, 6.07) is 1.78. The Kier molecular flexibility index (Phi) is 5.72. The van der Waals surface area contributed by atoms with Crippen LogP contribution in [0.2, 0.25) is 0 Å². The van der Waals surface area contributed by atoms with Crippen LogP contribution in [-0.2, 0) is 0 Å². The van der Waals surface area contributed by atoms with Crippen LogP contribution in [0.1, 0.15) is 6.92 Å². The lowest BCUT2D eigenvalue weighted by atomic mass is 10.7. The van der Waals surface area contributed by atoms with E-state index in [4.69, 9.17) is 0 Å². The van der Waals surface area contributed by atoms with Crippen molar-refractivity contribution in [2.24, 2.45) is 9.98 Å². The quantitative estimate of drug-likeness (QED) is 0.351. The minimum atomic E-state index is 0.630. The molecule has 78 valence electrons. The van der Waals surface area contributed by atoms with Crippen molar-refractivity contribution in [2.45, 2.75) is 12.1 Å². The average molecular weight is 238 g/mol. The molecule has 0 radical (unpaired) electrons. The zero-order valence-electron chi connectivity index (χ0n) is 8.20. The van der Waals surface area contributed by atoms with Crippen LogP contribution < -0.4 is 0 Å². The lowest BCUT2D eigenvalue weighted by molar-refractivity contribution is 0.973. The van der Waals surface area contributed by atoms with Gasteiger partial charge in [-0.25, -0.2) is 20.0 Å². The third-order valence-corrected chi connectivity index (χ3v) is 3.12. The van der Waals surface area contributed by atoms with Crippen molar-refractivity contribution >= 4 is 33.0 Å². The Balaban J connectivity index is 2.55. The van der Waals surface area contributed by atoms with Gasteiger partial charge in [-0.2, -0.15) is 0 Å². The normalized spacial score (nSPS) is 11.9. The van der Waals surface area contributed by atoms with Crippen molar-refractivity contribution in [3.8, 4) is 0 Å². The van der Waals surface area contributed by atoms with Gasteiger partial charge >= 0.3 is 0 Å². The number of amidine groups is 1. The molecule has 4 nitrogen and oxygen atoms in total. The second-order valence-corrected chi connectivity index (χ2v) is 4.24. The number of nitrogens with zero attached hydrogens (tertiary/aromatic N) is 4. The van der Waals surface area contributed by atoms with Crippen LogP contribution in [0.3, 0.4) is 0 Å². The third kappa shape index (κ3) is 4.75. The molecule has 1 aromatic rings. The molecule has 15 heavy (non-hydrogen) atoms. The average Bonchev–Trinajstić information content (AvgIpc) is 2.28. The molecule has 0 amide bonds. The van der Waals surface area contributed by atoms with Crippen LogP contribution >= 0.6 is 21.6 Å². The van der Waals surface area contributed by atoms with E-state index in [-0.39, 0.29) is 0 Å². The Morgan fingerprint density at radius 1 is 1.47 bits per heavy atom. The summed E-state index contributed by atoms with van der Waals surface area (Å²) in [6.45, 7) is 5.36. The maximum absolute atomic E-state index is 4.07. The van der Waals surface area contributed by atoms with Crippen LogP contribution in [0, 0.1) is 0 Å². The highest BCUT2D eigenvalue weighted by molar-refractivity contribution is 8.82. The number of aromatic nitrogens is 2. The second kappa shape index (κ2) is 7.19. The minimum Gasteiger partial charge on any atom is -0.235 e. The number of hydrogen-bond donors (Lipinski definition) is 0. The van der Waals surface area contributed by atoms with Gasteiger partial charge in [0.15, 0.2) is 10.3 Å². The first-order chi connectivity index (χ1) is 7.36. The second-order valence-electron chi connectivity index (χ2n) is 2.18. The maximum atomic E-state index is 4.07. The Morgan fingerprint density at radius 2 is 2.20 bits per heavy atom. The highest BCUT2D eigenvalue weighted by atomic mass is 33.1. The Bertz CT molecular complexity index is 362. The standard InChI is InChI=1S/C9H10N4S2/c1-3-10-8(11-4-2)14-15-9-12-6-5-7-13-9/h3-7H,1H2,2H3/b10-8+,11-4-. The summed E-state index contributed by atoms with van der Waals surface area (Å²) in [5.74, 6) is 0. The molecule has 1 aromatic heterocycles. The first kappa shape index (κ1) is 11.9. The van der Waals surface area contributed by atoms with E-state index in [0.717, 1.165) is 0 Å². The molecular weight excluding hydrogens is 228 g/mol. The molecule has 0 saturated heterocycles. The molecular formula is C9H10N4S2. The Hall–Kier alpha value is -1.14. The molecule has 0 fully saturated rings. The van der Waals surface area contributed by atoms with Crippen molar-refractivity contribution in [1.82, 2.24) is 9.97 Å². The van der Waals surface area contributed by atoms with Crippen LogP contribution in [-0.4, -0.2) is 21.4 Å². The predicted octanol–water partition coefficient (Wildman–Crippen LogP) is 2.81. The molecule has 1 heterocycles. The monoisotopic (exact) mass is 238 g/mol. The van der Waals surface area contributed by atoms with E-state index in [1.807, 2.05) is 6.92 Å². The highest BCUT2D eigenvalue weighted by Crippen LogP contribution is 2.29. The number of aliphatic imine (C=N–C) groups is 2. The Labute approximate surface area is 96.4 Å². The fraction of sp³-hybridized carbons (Fsp3) is 0.111. The topological polar surface area (TPSA) is 50.5 Å². The van der Waals surface area contributed by atoms with E-state index in [1.54, 1.807) is 24.7 Å². The van der Waals surface area contributed by atoms with Crippen LogP contribution in [0.15, 0.2) is 46.4 Å². The van der Waals surface area contributed by atoms with Crippen LogP contribution in [0.4, 0.5) is 0 Å². The third-order valence-electron chi connectivity index (χ3n) is 1.17. The summed E-state index contributed by atoms with van der Waals surface area (Å²) in [6.07, 6.45) is 6.54. The molecule has 0 N–H and O–H groups in total. The van der Waals surface area contributed by atoms with Crippen molar-refractivity contribution in [2.75, 3.05) is 0 Å². The lowest BCUT2D eigenvalue weighted by Gasteiger charge is -1.97. The van der Waals surface area contributed by atoms with E-state index in [2.05, 4.69) is 26.5 Å². The van der Waals surface area contributed by atoms with Gasteiger partial charge in [0.2, 0.25) is 0 Å². The number of hydrogen-bond acceptors (Lipinski definition) is 5. The zero-order valence-corrected chi connectivity index (χ0v) is 9.83. The molecule has 0 aliphatic heterocycles. The zero-order chi connectivity index (χ0) is 10.9. The largest absolute Gasteiger partial charge is 0.235 e. The minimum absolute atomic E-state index is 0.630. The van der Waals surface area contributed by atoms with E-state index >= 15 is 0 Å². The van der Waals surface area contributed by atoms with Crippen LogP contribution in [0.25, 0.3) is 0 Å². The highest BCUT2D eigenvalue weighted by Gasteiger charge is 2.00. The maximum Gasteiger partial charge on any atom is 0.198 e. The smallest absolute Gasteiger partial charge is 0.198 e. The van der Waals surface area contributed by atoms with Crippen LogP contribution in [0.5, 0.6) is 0 Å². The molecule has 0 spiro atoms. The van der Waals surface area contributed by atoms with Gasteiger partial charge in [-0.15, -0.1) is 0 Å². The molecule has 0 saturated carbocycles. The van der Waals surface area contributed by atoms with Gasteiger partial charge in [0.1, 0.15) is 0 Å². The molecule has 0 aromatic carbocycles. The van der Waals surface area contributed by atoms with Crippen molar-refractivity contribution < 1.29 is 0 Å². The van der Waals surface area contributed by atoms with Crippen molar-refractivity contribution in [1.29, 1.82) is 0 Å². The van der Waals surface area contributed by atoms with Gasteiger partial charge in [0.25, 0.3) is 0 Å². The van der Waals surface area contributed by atoms with Crippen molar-refractivity contribution in [3.05, 3.63) is 31.2 Å². The summed E-state index contributed by atoms with van der Waals surface area (Å²) in [5.41, 5.74) is 0. The fourth-order valence-electron chi connectivity index (χ4n) is 0.668. The SMILES string of the molecule is C=C/N=C(\N=C/C)SSc1ncccn1.